The zero-order chi connectivity index (χ0) is 23.2. The van der Waals surface area contributed by atoms with Crippen LogP contribution in [0.4, 0.5) is 25.0 Å². The number of amides is 2. The highest BCUT2D eigenvalue weighted by Gasteiger charge is 2.60. The van der Waals surface area contributed by atoms with E-state index in [1.807, 2.05) is 32.9 Å². The molecule has 1 aromatic carbocycles. The summed E-state index contributed by atoms with van der Waals surface area (Å²) in [4.78, 5) is 39.0. The van der Waals surface area contributed by atoms with Gasteiger partial charge >= 0.3 is 18.5 Å². The van der Waals surface area contributed by atoms with Gasteiger partial charge in [0.15, 0.2) is 0 Å². The van der Waals surface area contributed by atoms with Crippen molar-refractivity contribution in [3.05, 3.63) is 24.3 Å². The predicted octanol–water partition coefficient (Wildman–Crippen LogP) is 2.42. The van der Waals surface area contributed by atoms with Crippen molar-refractivity contribution < 1.29 is 32.6 Å². The average Bonchev–Trinajstić information content (AvgIpc) is 3.03. The van der Waals surface area contributed by atoms with Gasteiger partial charge in [0, 0.05) is 24.5 Å². The average molecular weight is 451 g/mol. The van der Waals surface area contributed by atoms with Crippen LogP contribution in [-0.4, -0.2) is 62.3 Å². The number of alkyl halides is 2. The third-order valence-electron chi connectivity index (χ3n) is 5.98. The van der Waals surface area contributed by atoms with Crippen LogP contribution in [0.2, 0.25) is 0 Å². The van der Waals surface area contributed by atoms with Gasteiger partial charge in [0.05, 0.1) is 19.0 Å². The molecule has 10 heteroatoms. The summed E-state index contributed by atoms with van der Waals surface area (Å²) in [6.45, 7) is 7.17. The minimum absolute atomic E-state index is 0.0217. The smallest absolute Gasteiger partial charge is 0.414 e. The number of anilines is 2. The van der Waals surface area contributed by atoms with E-state index in [-0.39, 0.29) is 25.0 Å². The number of esters is 1. The molecule has 0 bridgehead atoms. The van der Waals surface area contributed by atoms with Gasteiger partial charge in [-0.1, -0.05) is 0 Å². The second-order valence-corrected chi connectivity index (χ2v) is 9.47. The summed E-state index contributed by atoms with van der Waals surface area (Å²) in [5, 5.41) is 2.06. The van der Waals surface area contributed by atoms with Crippen LogP contribution in [0.3, 0.4) is 0 Å². The SMILES string of the molecule is CC(C)(C)OC(=O)C1[C@H]2CN(c3ccc(N4C[C@H](CNC(=O)C(F)F)OC4=O)cc3)C[C@@H]12. The number of carbonyl (C=O) groups is 3. The summed E-state index contributed by atoms with van der Waals surface area (Å²) in [7, 11) is 0. The number of piperidine rings is 1. The van der Waals surface area contributed by atoms with Crippen LogP contribution < -0.4 is 15.1 Å². The van der Waals surface area contributed by atoms with Crippen LogP contribution in [0.25, 0.3) is 0 Å². The van der Waals surface area contributed by atoms with E-state index in [9.17, 15) is 23.2 Å². The van der Waals surface area contributed by atoms with Crippen molar-refractivity contribution in [3.8, 4) is 0 Å². The molecule has 2 aliphatic heterocycles. The van der Waals surface area contributed by atoms with E-state index in [1.165, 1.54) is 4.90 Å². The first-order valence-corrected chi connectivity index (χ1v) is 10.7. The van der Waals surface area contributed by atoms with E-state index in [0.29, 0.717) is 17.5 Å². The van der Waals surface area contributed by atoms with Crippen molar-refractivity contribution in [2.75, 3.05) is 36.0 Å². The molecule has 3 aliphatic rings. The molecular formula is C22H27F2N3O5. The Kier molecular flexibility index (Phi) is 5.72. The van der Waals surface area contributed by atoms with Gasteiger partial charge in [0.2, 0.25) is 0 Å². The summed E-state index contributed by atoms with van der Waals surface area (Å²) >= 11 is 0. The van der Waals surface area contributed by atoms with Crippen molar-refractivity contribution in [3.63, 3.8) is 0 Å². The predicted molar refractivity (Wildman–Crippen MR) is 112 cm³/mol. The van der Waals surface area contributed by atoms with Gasteiger partial charge in [-0.3, -0.25) is 14.5 Å². The fourth-order valence-electron chi connectivity index (χ4n) is 4.43. The van der Waals surface area contributed by atoms with E-state index in [2.05, 4.69) is 10.2 Å². The summed E-state index contributed by atoms with van der Waals surface area (Å²) in [6, 6.07) is 7.40. The van der Waals surface area contributed by atoms with Gasteiger partial charge < -0.3 is 19.7 Å². The third kappa shape index (κ3) is 4.63. The first-order valence-electron chi connectivity index (χ1n) is 10.7. The molecule has 1 aromatic rings. The maximum Gasteiger partial charge on any atom is 0.414 e. The molecule has 32 heavy (non-hydrogen) atoms. The summed E-state index contributed by atoms with van der Waals surface area (Å²) in [6.07, 6.45) is -4.39. The molecule has 3 fully saturated rings. The van der Waals surface area contributed by atoms with Gasteiger partial charge in [-0.05, 0) is 56.9 Å². The first kappa shape index (κ1) is 22.3. The van der Waals surface area contributed by atoms with Crippen molar-refractivity contribution in [2.24, 2.45) is 17.8 Å². The Morgan fingerprint density at radius 3 is 2.28 bits per heavy atom. The van der Waals surface area contributed by atoms with Crippen LogP contribution >= 0.6 is 0 Å². The van der Waals surface area contributed by atoms with E-state index < -0.39 is 30.1 Å². The zero-order valence-electron chi connectivity index (χ0n) is 18.2. The molecule has 1 N–H and O–H groups in total. The molecule has 0 spiro atoms. The Bertz CT molecular complexity index is 890. The standard InChI is InChI=1S/C22H27F2N3O5/c1-22(2,3)32-20(29)17-15-10-26(11-16(15)17)12-4-6-13(7-5-12)27-9-14(31-21(27)30)8-25-19(28)18(23)24/h4-7,14-18H,8-11H2,1-3H3,(H,25,28)/t14-,15-,16+,17?/m0/s1. The molecule has 4 rings (SSSR count). The molecule has 2 saturated heterocycles. The number of benzene rings is 1. The molecule has 0 radical (unpaired) electrons. The number of ether oxygens (including phenoxy) is 2. The fraction of sp³-hybridized carbons (Fsp3) is 0.591. The molecule has 1 unspecified atom stereocenters. The number of cyclic esters (lactones) is 1. The number of hydrogen-bond acceptors (Lipinski definition) is 6. The van der Waals surface area contributed by atoms with E-state index in [1.54, 1.807) is 12.1 Å². The van der Waals surface area contributed by atoms with Crippen molar-refractivity contribution in [1.82, 2.24) is 5.32 Å². The van der Waals surface area contributed by atoms with Crippen LogP contribution in [0.15, 0.2) is 24.3 Å². The minimum atomic E-state index is -3.10. The second-order valence-electron chi connectivity index (χ2n) is 9.47. The number of fused-ring (bicyclic) bond motifs is 1. The highest BCUT2D eigenvalue weighted by molar-refractivity contribution is 5.90. The summed E-state index contributed by atoms with van der Waals surface area (Å²) in [5.74, 6) is -0.910. The van der Waals surface area contributed by atoms with Crippen LogP contribution in [-0.2, 0) is 19.1 Å². The van der Waals surface area contributed by atoms with Crippen molar-refractivity contribution >= 4 is 29.3 Å². The highest BCUT2D eigenvalue weighted by Crippen LogP contribution is 2.53. The van der Waals surface area contributed by atoms with Crippen LogP contribution in [0.5, 0.6) is 0 Å². The Hall–Kier alpha value is -2.91. The van der Waals surface area contributed by atoms with Gasteiger partial charge in [-0.25, -0.2) is 4.79 Å². The lowest BCUT2D eigenvalue weighted by Gasteiger charge is -2.24. The topological polar surface area (TPSA) is 88.2 Å². The Morgan fingerprint density at radius 2 is 1.72 bits per heavy atom. The zero-order valence-corrected chi connectivity index (χ0v) is 18.2. The summed E-state index contributed by atoms with van der Waals surface area (Å²) < 4.78 is 35.2. The number of nitrogens with zero attached hydrogens (tertiary/aromatic N) is 2. The lowest BCUT2D eigenvalue weighted by atomic mass is 10.2. The molecule has 2 heterocycles. The second kappa shape index (κ2) is 8.22. The van der Waals surface area contributed by atoms with Gasteiger partial charge in [0.25, 0.3) is 5.91 Å². The lowest BCUT2D eigenvalue weighted by molar-refractivity contribution is -0.157. The Balaban J connectivity index is 1.29. The normalized spacial score (nSPS) is 26.8. The minimum Gasteiger partial charge on any atom is -0.460 e. The Labute approximate surface area is 184 Å². The molecule has 8 nitrogen and oxygen atoms in total. The molecule has 1 aliphatic carbocycles. The molecule has 2 amide bonds. The number of carbonyl (C=O) groups excluding carboxylic acids is 3. The van der Waals surface area contributed by atoms with E-state index in [4.69, 9.17) is 9.47 Å². The first-order chi connectivity index (χ1) is 15.0. The largest absolute Gasteiger partial charge is 0.460 e. The molecule has 0 aromatic heterocycles. The number of rotatable bonds is 6. The quantitative estimate of drug-likeness (QED) is 0.669. The maximum absolute atomic E-state index is 12.3. The van der Waals surface area contributed by atoms with Gasteiger partial charge in [0.1, 0.15) is 11.7 Å². The van der Waals surface area contributed by atoms with E-state index >= 15 is 0 Å². The maximum atomic E-state index is 12.3. The Morgan fingerprint density at radius 1 is 1.12 bits per heavy atom. The highest BCUT2D eigenvalue weighted by atomic mass is 19.3. The van der Waals surface area contributed by atoms with Crippen LogP contribution in [0, 0.1) is 17.8 Å². The monoisotopic (exact) mass is 451 g/mol. The van der Waals surface area contributed by atoms with Crippen molar-refractivity contribution in [1.29, 1.82) is 0 Å². The van der Waals surface area contributed by atoms with Gasteiger partial charge in [-0.15, -0.1) is 0 Å². The van der Waals surface area contributed by atoms with E-state index in [0.717, 1.165) is 18.8 Å². The molecule has 4 atom stereocenters. The fourth-order valence-corrected chi connectivity index (χ4v) is 4.43. The third-order valence-corrected chi connectivity index (χ3v) is 5.98. The lowest BCUT2D eigenvalue weighted by Crippen LogP contribution is -2.37. The van der Waals surface area contributed by atoms with Crippen molar-refractivity contribution in [2.45, 2.75) is 38.9 Å². The molecule has 174 valence electrons. The molecular weight excluding hydrogens is 424 g/mol. The van der Waals surface area contributed by atoms with Crippen LogP contribution in [0.1, 0.15) is 20.8 Å². The molecule has 1 saturated carbocycles. The number of hydrogen-bond donors (Lipinski definition) is 1. The summed E-state index contributed by atoms with van der Waals surface area (Å²) in [5.41, 5.74) is 1.14. The van der Waals surface area contributed by atoms with Gasteiger partial charge in [-0.2, -0.15) is 8.78 Å². The number of halogens is 2. The number of nitrogens with one attached hydrogen (secondary N) is 1.